The Hall–Kier alpha value is -2.55. The molecule has 0 bridgehead atoms. The maximum absolute atomic E-state index is 11.8. The van der Waals surface area contributed by atoms with Crippen molar-refractivity contribution in [3.63, 3.8) is 0 Å². The molecule has 19 heavy (non-hydrogen) atoms. The predicted molar refractivity (Wildman–Crippen MR) is 69.8 cm³/mol. The van der Waals surface area contributed by atoms with Crippen LogP contribution in [0.15, 0.2) is 18.2 Å². The van der Waals surface area contributed by atoms with Gasteiger partial charge in [0, 0.05) is 11.6 Å². The number of nitrogens with one attached hydrogen (secondary N) is 1. The van der Waals surface area contributed by atoms with Crippen molar-refractivity contribution in [1.29, 1.82) is 0 Å². The summed E-state index contributed by atoms with van der Waals surface area (Å²) in [5.41, 5.74) is -0.321. The molecule has 1 aromatic carbocycles. The zero-order valence-corrected chi connectivity index (χ0v) is 10.4. The zero-order valence-electron chi connectivity index (χ0n) is 10.4. The molecule has 0 aliphatic rings. The van der Waals surface area contributed by atoms with Crippen LogP contribution in [0.4, 0.5) is 5.69 Å². The Morgan fingerprint density at radius 2 is 2.32 bits per heavy atom. The van der Waals surface area contributed by atoms with Crippen LogP contribution in [0.2, 0.25) is 0 Å². The number of terminal acetylenes is 1. The second kappa shape index (κ2) is 6.40. The Morgan fingerprint density at radius 1 is 1.63 bits per heavy atom. The Bertz CT molecular complexity index is 534. The van der Waals surface area contributed by atoms with Gasteiger partial charge >= 0.3 is 5.69 Å². The fraction of sp³-hybridized carbons (Fsp3) is 0.308. The number of phenolic OH excluding ortho intramolecular Hbond substituents is 1. The molecule has 6 nitrogen and oxygen atoms in total. The molecule has 0 aromatic heterocycles. The maximum atomic E-state index is 11.8. The van der Waals surface area contributed by atoms with Crippen LogP contribution in [-0.4, -0.2) is 22.0 Å². The summed E-state index contributed by atoms with van der Waals surface area (Å²) in [7, 11) is 0. The fourth-order valence-corrected chi connectivity index (χ4v) is 1.55. The van der Waals surface area contributed by atoms with E-state index in [1.54, 1.807) is 0 Å². The first kappa shape index (κ1) is 14.5. The quantitative estimate of drug-likeness (QED) is 0.481. The normalized spacial score (nSPS) is 11.4. The number of benzene rings is 1. The molecular weight excluding hydrogens is 248 g/mol. The maximum Gasteiger partial charge on any atom is 0.310 e. The topological polar surface area (TPSA) is 92.5 Å². The van der Waals surface area contributed by atoms with E-state index < -0.39 is 28.3 Å². The van der Waals surface area contributed by atoms with E-state index in [1.165, 1.54) is 6.07 Å². The Morgan fingerprint density at radius 3 is 2.79 bits per heavy atom. The number of nitro groups is 1. The van der Waals surface area contributed by atoms with E-state index in [2.05, 4.69) is 11.2 Å². The number of aromatic hydroxyl groups is 1. The third-order valence-electron chi connectivity index (χ3n) is 2.52. The first-order valence-corrected chi connectivity index (χ1v) is 5.74. The number of rotatable bonds is 5. The lowest BCUT2D eigenvalue weighted by Gasteiger charge is -2.12. The molecule has 0 radical (unpaired) electrons. The molecule has 0 aliphatic heterocycles. The van der Waals surface area contributed by atoms with E-state index in [0.29, 0.717) is 6.42 Å². The van der Waals surface area contributed by atoms with Crippen LogP contribution >= 0.6 is 0 Å². The Labute approximate surface area is 110 Å². The number of nitrogens with zero attached hydrogens (tertiary/aromatic N) is 1. The van der Waals surface area contributed by atoms with E-state index in [1.807, 2.05) is 6.92 Å². The first-order chi connectivity index (χ1) is 8.99. The van der Waals surface area contributed by atoms with Gasteiger partial charge in [-0.15, -0.1) is 6.42 Å². The molecule has 0 aliphatic carbocycles. The van der Waals surface area contributed by atoms with Crippen molar-refractivity contribution >= 4 is 11.6 Å². The molecular formula is C13H14N2O4. The largest absolute Gasteiger partial charge is 0.502 e. The number of nitro benzene ring substituents is 1. The van der Waals surface area contributed by atoms with Crippen LogP contribution in [0, 0.1) is 22.5 Å². The summed E-state index contributed by atoms with van der Waals surface area (Å²) in [5.74, 6) is 1.42. The van der Waals surface area contributed by atoms with Gasteiger partial charge in [-0.3, -0.25) is 14.9 Å². The predicted octanol–water partition coefficient (Wildman–Crippen LogP) is 1.83. The minimum absolute atomic E-state index is 0.124. The van der Waals surface area contributed by atoms with Gasteiger partial charge < -0.3 is 10.4 Å². The molecule has 2 N–H and O–H groups in total. The highest BCUT2D eigenvalue weighted by Gasteiger charge is 2.17. The molecule has 1 aromatic rings. The van der Waals surface area contributed by atoms with Crippen LogP contribution in [0.1, 0.15) is 30.1 Å². The van der Waals surface area contributed by atoms with Gasteiger partial charge in [-0.25, -0.2) is 0 Å². The second-order valence-electron chi connectivity index (χ2n) is 3.94. The Balaban J connectivity index is 2.87. The van der Waals surface area contributed by atoms with Gasteiger partial charge in [0.05, 0.1) is 11.0 Å². The van der Waals surface area contributed by atoms with Crippen LogP contribution in [-0.2, 0) is 0 Å². The summed E-state index contributed by atoms with van der Waals surface area (Å²) in [4.78, 5) is 21.6. The molecule has 100 valence electrons. The van der Waals surface area contributed by atoms with Crippen molar-refractivity contribution in [2.75, 3.05) is 0 Å². The van der Waals surface area contributed by atoms with Gasteiger partial charge in [0.1, 0.15) is 0 Å². The molecule has 1 atom stereocenters. The highest BCUT2D eigenvalue weighted by Crippen LogP contribution is 2.26. The third-order valence-corrected chi connectivity index (χ3v) is 2.52. The number of amides is 1. The monoisotopic (exact) mass is 262 g/mol. The molecule has 6 heteroatoms. The van der Waals surface area contributed by atoms with Crippen LogP contribution in [0.5, 0.6) is 5.75 Å². The van der Waals surface area contributed by atoms with Crippen LogP contribution < -0.4 is 5.32 Å². The average molecular weight is 262 g/mol. The number of hydrogen-bond acceptors (Lipinski definition) is 4. The average Bonchev–Trinajstić information content (AvgIpc) is 2.37. The molecule has 1 unspecified atom stereocenters. The fourth-order valence-electron chi connectivity index (χ4n) is 1.55. The summed E-state index contributed by atoms with van der Waals surface area (Å²) < 4.78 is 0. The van der Waals surface area contributed by atoms with Gasteiger partial charge in [0.15, 0.2) is 5.75 Å². The van der Waals surface area contributed by atoms with Crippen LogP contribution in [0.25, 0.3) is 0 Å². The number of carbonyl (C=O) groups excluding carboxylic acids is 1. The summed E-state index contributed by atoms with van der Waals surface area (Å²) in [5, 5.41) is 22.6. The molecule has 0 fully saturated rings. The standard InChI is InChI=1S/C13H14N2O4/c1-3-5-10(4-2)14-13(17)9-6-7-11(15(18)19)12(16)8-9/h2,6-8,10,16H,3,5H2,1H3,(H,14,17). The van der Waals surface area contributed by atoms with E-state index in [0.717, 1.165) is 18.6 Å². The summed E-state index contributed by atoms with van der Waals surface area (Å²) in [6.45, 7) is 1.94. The van der Waals surface area contributed by atoms with Crippen molar-refractivity contribution in [2.24, 2.45) is 0 Å². The molecule has 0 saturated heterocycles. The van der Waals surface area contributed by atoms with Gasteiger partial charge in [-0.2, -0.15) is 0 Å². The van der Waals surface area contributed by atoms with Gasteiger partial charge in [-0.1, -0.05) is 19.3 Å². The minimum atomic E-state index is -0.724. The molecule has 1 rings (SSSR count). The van der Waals surface area contributed by atoms with E-state index in [9.17, 15) is 20.0 Å². The lowest BCUT2D eigenvalue weighted by molar-refractivity contribution is -0.385. The van der Waals surface area contributed by atoms with Crippen LogP contribution in [0.3, 0.4) is 0 Å². The SMILES string of the molecule is C#CC(CCC)NC(=O)c1ccc([N+](=O)[O-])c(O)c1. The second-order valence-corrected chi connectivity index (χ2v) is 3.94. The lowest BCUT2D eigenvalue weighted by atomic mass is 10.1. The van der Waals surface area contributed by atoms with Crippen molar-refractivity contribution in [1.82, 2.24) is 5.32 Å². The first-order valence-electron chi connectivity index (χ1n) is 5.74. The molecule has 0 saturated carbocycles. The number of hydrogen-bond donors (Lipinski definition) is 2. The molecule has 0 heterocycles. The lowest BCUT2D eigenvalue weighted by Crippen LogP contribution is -2.33. The molecule has 1 amide bonds. The van der Waals surface area contributed by atoms with Gasteiger partial charge in [0.2, 0.25) is 0 Å². The molecule has 0 spiro atoms. The number of phenols is 1. The van der Waals surface area contributed by atoms with E-state index in [-0.39, 0.29) is 5.56 Å². The van der Waals surface area contributed by atoms with E-state index >= 15 is 0 Å². The highest BCUT2D eigenvalue weighted by molar-refractivity contribution is 5.95. The summed E-state index contributed by atoms with van der Waals surface area (Å²) in [6.07, 6.45) is 6.74. The van der Waals surface area contributed by atoms with Gasteiger partial charge in [0.25, 0.3) is 5.91 Å². The van der Waals surface area contributed by atoms with Crippen molar-refractivity contribution in [3.05, 3.63) is 33.9 Å². The van der Waals surface area contributed by atoms with Crippen molar-refractivity contribution in [3.8, 4) is 18.1 Å². The Kier molecular flexibility index (Phi) is 4.89. The zero-order chi connectivity index (χ0) is 14.4. The van der Waals surface area contributed by atoms with Crippen molar-refractivity contribution in [2.45, 2.75) is 25.8 Å². The third kappa shape index (κ3) is 3.71. The van der Waals surface area contributed by atoms with Gasteiger partial charge in [-0.05, 0) is 18.6 Å². The number of carbonyl (C=O) groups is 1. The van der Waals surface area contributed by atoms with Crippen molar-refractivity contribution < 1.29 is 14.8 Å². The van der Waals surface area contributed by atoms with E-state index in [4.69, 9.17) is 6.42 Å². The minimum Gasteiger partial charge on any atom is -0.502 e. The summed E-state index contributed by atoms with van der Waals surface area (Å²) in [6, 6.07) is 3.00. The highest BCUT2D eigenvalue weighted by atomic mass is 16.6. The summed E-state index contributed by atoms with van der Waals surface area (Å²) >= 11 is 0. The smallest absolute Gasteiger partial charge is 0.310 e.